The Hall–Kier alpha value is -2.27. The molecule has 0 saturated heterocycles. The molecular formula is C23H28N2O2S. The number of benzene rings is 2. The van der Waals surface area contributed by atoms with E-state index in [0.717, 1.165) is 42.0 Å². The Balaban J connectivity index is 1.37. The van der Waals surface area contributed by atoms with Gasteiger partial charge in [0, 0.05) is 17.7 Å². The molecule has 0 radical (unpaired) electrons. The van der Waals surface area contributed by atoms with Gasteiger partial charge in [-0.1, -0.05) is 18.2 Å². The second kappa shape index (κ2) is 8.00. The smallest absolute Gasteiger partial charge is 0.171 e. The summed E-state index contributed by atoms with van der Waals surface area (Å²) < 4.78 is 12.1. The van der Waals surface area contributed by atoms with Crippen molar-refractivity contribution >= 4 is 23.0 Å². The van der Waals surface area contributed by atoms with Gasteiger partial charge >= 0.3 is 0 Å². The highest BCUT2D eigenvalue weighted by molar-refractivity contribution is 7.80. The Morgan fingerprint density at radius 2 is 1.79 bits per heavy atom. The largest absolute Gasteiger partial charge is 0.490 e. The number of hydrogen-bond donors (Lipinski definition) is 2. The van der Waals surface area contributed by atoms with Gasteiger partial charge in [-0.05, 0) is 82.1 Å². The quantitative estimate of drug-likeness (QED) is 0.659. The van der Waals surface area contributed by atoms with E-state index in [2.05, 4.69) is 30.5 Å². The highest BCUT2D eigenvalue weighted by Gasteiger charge is 2.33. The van der Waals surface area contributed by atoms with Crippen molar-refractivity contribution in [2.45, 2.75) is 63.7 Å². The summed E-state index contributed by atoms with van der Waals surface area (Å²) in [5.74, 6) is 1.85. The normalized spacial score (nSPS) is 20.7. The monoisotopic (exact) mass is 396 g/mol. The number of anilines is 1. The number of para-hydroxylation sites is 1. The second-order valence-corrected chi connectivity index (χ2v) is 8.71. The standard InChI is InChI=1S/C23H28N2O2S/c1-23(2)15-20(19-9-5-6-10-21(19)27-23)25-22(28)24-16-11-13-18(14-12-16)26-17-7-3-4-8-17/h5-6,9-14,17,20H,3-4,7-8,15H2,1-2H3,(H2,24,25,28). The number of thiocarbonyl (C=S) groups is 1. The van der Waals surface area contributed by atoms with Crippen LogP contribution < -0.4 is 20.1 Å². The molecule has 2 aliphatic rings. The lowest BCUT2D eigenvalue weighted by Crippen LogP contribution is -2.42. The van der Waals surface area contributed by atoms with Crippen LogP contribution in [0, 0.1) is 0 Å². The Morgan fingerprint density at radius 3 is 2.54 bits per heavy atom. The summed E-state index contributed by atoms with van der Waals surface area (Å²) in [6, 6.07) is 16.3. The molecule has 1 saturated carbocycles. The third-order valence-electron chi connectivity index (χ3n) is 5.40. The Morgan fingerprint density at radius 1 is 1.07 bits per heavy atom. The summed E-state index contributed by atoms with van der Waals surface area (Å²) in [6.45, 7) is 4.22. The van der Waals surface area contributed by atoms with E-state index in [9.17, 15) is 0 Å². The zero-order valence-corrected chi connectivity index (χ0v) is 17.4. The van der Waals surface area contributed by atoms with Crippen LogP contribution in [0.5, 0.6) is 11.5 Å². The summed E-state index contributed by atoms with van der Waals surface area (Å²) in [4.78, 5) is 0. The lowest BCUT2D eigenvalue weighted by atomic mass is 9.90. The van der Waals surface area contributed by atoms with Crippen molar-refractivity contribution in [1.82, 2.24) is 5.32 Å². The van der Waals surface area contributed by atoms with Gasteiger partial charge in [0.2, 0.25) is 0 Å². The maximum absolute atomic E-state index is 6.10. The molecule has 2 aromatic carbocycles. The van der Waals surface area contributed by atoms with Gasteiger partial charge in [0.05, 0.1) is 12.1 Å². The minimum atomic E-state index is -0.235. The van der Waals surface area contributed by atoms with Gasteiger partial charge in [-0.25, -0.2) is 0 Å². The van der Waals surface area contributed by atoms with Crippen LogP contribution >= 0.6 is 12.2 Å². The van der Waals surface area contributed by atoms with Crippen molar-refractivity contribution in [1.29, 1.82) is 0 Å². The van der Waals surface area contributed by atoms with E-state index < -0.39 is 0 Å². The molecule has 2 N–H and O–H groups in total. The summed E-state index contributed by atoms with van der Waals surface area (Å²) in [5, 5.41) is 7.37. The minimum absolute atomic E-state index is 0.116. The third kappa shape index (κ3) is 4.58. The molecule has 4 rings (SSSR count). The molecular weight excluding hydrogens is 368 g/mol. The van der Waals surface area contributed by atoms with Crippen LogP contribution in [0.2, 0.25) is 0 Å². The molecule has 28 heavy (non-hydrogen) atoms. The van der Waals surface area contributed by atoms with Crippen LogP contribution in [-0.2, 0) is 0 Å². The van der Waals surface area contributed by atoms with Crippen LogP contribution in [0.1, 0.15) is 57.6 Å². The van der Waals surface area contributed by atoms with Crippen molar-refractivity contribution < 1.29 is 9.47 Å². The van der Waals surface area contributed by atoms with Gasteiger partial charge in [-0.2, -0.15) is 0 Å². The summed E-state index contributed by atoms with van der Waals surface area (Å²) in [6.07, 6.45) is 6.10. The van der Waals surface area contributed by atoms with E-state index in [1.807, 2.05) is 42.5 Å². The maximum atomic E-state index is 6.10. The second-order valence-electron chi connectivity index (χ2n) is 8.30. The highest BCUT2D eigenvalue weighted by atomic mass is 32.1. The summed E-state index contributed by atoms with van der Waals surface area (Å²) in [7, 11) is 0. The molecule has 0 spiro atoms. The molecule has 5 heteroatoms. The number of fused-ring (bicyclic) bond motifs is 1. The summed E-state index contributed by atoms with van der Waals surface area (Å²) in [5.41, 5.74) is 1.86. The molecule has 0 amide bonds. The molecule has 1 fully saturated rings. The van der Waals surface area contributed by atoms with Gasteiger partial charge in [0.25, 0.3) is 0 Å². The zero-order chi connectivity index (χ0) is 19.6. The topological polar surface area (TPSA) is 42.5 Å². The van der Waals surface area contributed by atoms with Crippen molar-refractivity contribution in [3.8, 4) is 11.5 Å². The average molecular weight is 397 g/mol. The molecule has 1 atom stereocenters. The van der Waals surface area contributed by atoms with Crippen LogP contribution in [0.3, 0.4) is 0 Å². The molecule has 148 valence electrons. The molecule has 1 aliphatic carbocycles. The fraction of sp³-hybridized carbons (Fsp3) is 0.435. The van der Waals surface area contributed by atoms with Crippen molar-refractivity contribution in [2.24, 2.45) is 0 Å². The lowest BCUT2D eigenvalue weighted by Gasteiger charge is -2.38. The summed E-state index contributed by atoms with van der Waals surface area (Å²) >= 11 is 5.58. The van der Waals surface area contributed by atoms with Gasteiger partial charge < -0.3 is 20.1 Å². The van der Waals surface area contributed by atoms with Gasteiger partial charge in [0.1, 0.15) is 17.1 Å². The van der Waals surface area contributed by atoms with Crippen molar-refractivity contribution in [3.05, 3.63) is 54.1 Å². The molecule has 0 bridgehead atoms. The van der Waals surface area contributed by atoms with E-state index in [4.69, 9.17) is 21.7 Å². The molecule has 2 aromatic rings. The first-order valence-corrected chi connectivity index (χ1v) is 10.5. The van der Waals surface area contributed by atoms with Crippen LogP contribution in [-0.4, -0.2) is 16.8 Å². The number of rotatable bonds is 4. The molecule has 1 aliphatic heterocycles. The van der Waals surface area contributed by atoms with E-state index in [0.29, 0.717) is 11.2 Å². The SMILES string of the molecule is CC1(C)CC(NC(=S)Nc2ccc(OC3CCCC3)cc2)c2ccccc2O1. The Bertz CT molecular complexity index is 829. The van der Waals surface area contributed by atoms with Gasteiger partial charge in [-0.15, -0.1) is 0 Å². The molecule has 4 nitrogen and oxygen atoms in total. The fourth-order valence-electron chi connectivity index (χ4n) is 4.07. The van der Waals surface area contributed by atoms with E-state index in [1.54, 1.807) is 0 Å². The zero-order valence-electron chi connectivity index (χ0n) is 16.5. The predicted octanol–water partition coefficient (Wildman–Crippen LogP) is 5.60. The number of hydrogen-bond acceptors (Lipinski definition) is 3. The Kier molecular flexibility index (Phi) is 5.44. The van der Waals surface area contributed by atoms with Crippen LogP contribution in [0.15, 0.2) is 48.5 Å². The van der Waals surface area contributed by atoms with Crippen molar-refractivity contribution in [3.63, 3.8) is 0 Å². The number of ether oxygens (including phenoxy) is 2. The minimum Gasteiger partial charge on any atom is -0.490 e. The van der Waals surface area contributed by atoms with Crippen LogP contribution in [0.25, 0.3) is 0 Å². The number of nitrogens with one attached hydrogen (secondary N) is 2. The van der Waals surface area contributed by atoms with Crippen LogP contribution in [0.4, 0.5) is 5.69 Å². The first-order chi connectivity index (χ1) is 13.5. The average Bonchev–Trinajstić information content (AvgIpc) is 3.15. The fourth-order valence-corrected chi connectivity index (χ4v) is 4.33. The first kappa shape index (κ1) is 19.1. The van der Waals surface area contributed by atoms with Gasteiger partial charge in [-0.3, -0.25) is 0 Å². The maximum Gasteiger partial charge on any atom is 0.171 e. The third-order valence-corrected chi connectivity index (χ3v) is 5.62. The molecule has 0 aromatic heterocycles. The predicted molar refractivity (Wildman–Crippen MR) is 117 cm³/mol. The lowest BCUT2D eigenvalue weighted by molar-refractivity contribution is 0.0697. The highest BCUT2D eigenvalue weighted by Crippen LogP contribution is 2.39. The van der Waals surface area contributed by atoms with Gasteiger partial charge in [0.15, 0.2) is 5.11 Å². The van der Waals surface area contributed by atoms with Crippen molar-refractivity contribution in [2.75, 3.05) is 5.32 Å². The molecule has 1 unspecified atom stereocenters. The van der Waals surface area contributed by atoms with E-state index >= 15 is 0 Å². The first-order valence-electron chi connectivity index (χ1n) is 10.1. The van der Waals surface area contributed by atoms with E-state index in [-0.39, 0.29) is 11.6 Å². The van der Waals surface area contributed by atoms with E-state index in [1.165, 1.54) is 12.8 Å². The molecule has 1 heterocycles. The Labute approximate surface area is 172 Å².